The van der Waals surface area contributed by atoms with Gasteiger partial charge in [-0.25, -0.2) is 0 Å². The molecule has 0 fully saturated rings. The molecule has 3 rings (SSSR count). The monoisotopic (exact) mass is 359 g/mol. The molecule has 0 bridgehead atoms. The maximum Gasteiger partial charge on any atom is 0.305 e. The number of carbonyl (C=O) groups is 2. The number of furan rings is 1. The zero-order valence-corrected chi connectivity index (χ0v) is 14.9. The molecule has 1 unspecified atom stereocenters. The molecule has 1 aromatic carbocycles. The van der Waals surface area contributed by atoms with Crippen molar-refractivity contribution in [1.82, 2.24) is 4.90 Å². The van der Waals surface area contributed by atoms with Gasteiger partial charge in [-0.05, 0) is 48.7 Å². The maximum atomic E-state index is 12.9. The second kappa shape index (κ2) is 7.11. The van der Waals surface area contributed by atoms with Crippen molar-refractivity contribution < 1.29 is 28.6 Å². The average molecular weight is 359 g/mol. The van der Waals surface area contributed by atoms with Crippen LogP contribution in [0.3, 0.4) is 0 Å². The van der Waals surface area contributed by atoms with E-state index in [1.807, 2.05) is 6.07 Å². The van der Waals surface area contributed by atoms with E-state index in [-0.39, 0.29) is 18.1 Å². The number of hydrogen-bond acceptors (Lipinski definition) is 5. The second-order valence-corrected chi connectivity index (χ2v) is 6.18. The molecule has 1 atom stereocenters. The second-order valence-electron chi connectivity index (χ2n) is 6.18. The number of fused-ring (bicyclic) bond motifs is 1. The summed E-state index contributed by atoms with van der Waals surface area (Å²) in [5.74, 6) is 0.635. The van der Waals surface area contributed by atoms with Crippen molar-refractivity contribution in [2.24, 2.45) is 0 Å². The predicted octanol–water partition coefficient (Wildman–Crippen LogP) is 2.82. The Hall–Kier alpha value is -2.96. The first kappa shape index (κ1) is 17.8. The van der Waals surface area contributed by atoms with E-state index in [0.717, 1.165) is 11.1 Å². The summed E-state index contributed by atoms with van der Waals surface area (Å²) < 4.78 is 16.1. The summed E-state index contributed by atoms with van der Waals surface area (Å²) in [6.45, 7) is 2.16. The quantitative estimate of drug-likeness (QED) is 0.883. The van der Waals surface area contributed by atoms with Crippen molar-refractivity contribution in [3.05, 3.63) is 46.9 Å². The standard InChI is InChI=1S/C19H21NO6/c1-11-4-5-15(26-11)19(23)20-7-6-12-8-16(24-2)17(25-3)9-13(12)14(20)10-18(21)22/h4-5,8-9,14H,6-7,10H2,1-3H3,(H,21,22). The Kier molecular flexibility index (Phi) is 4.88. The molecule has 7 heteroatoms. The minimum atomic E-state index is -0.980. The van der Waals surface area contributed by atoms with Gasteiger partial charge in [-0.2, -0.15) is 0 Å². The van der Waals surface area contributed by atoms with Crippen molar-refractivity contribution in [3.8, 4) is 11.5 Å². The molecule has 0 saturated heterocycles. The smallest absolute Gasteiger partial charge is 0.305 e. The number of carboxylic acids is 1. The first-order chi connectivity index (χ1) is 12.4. The molecule has 0 radical (unpaired) electrons. The summed E-state index contributed by atoms with van der Waals surface area (Å²) in [5.41, 5.74) is 1.71. The molecule has 0 aliphatic carbocycles. The van der Waals surface area contributed by atoms with Crippen LogP contribution >= 0.6 is 0 Å². The van der Waals surface area contributed by atoms with Crippen LogP contribution in [0.25, 0.3) is 0 Å². The molecule has 7 nitrogen and oxygen atoms in total. The van der Waals surface area contributed by atoms with E-state index in [0.29, 0.717) is 30.2 Å². The summed E-state index contributed by atoms with van der Waals surface area (Å²) in [6, 6.07) is 6.33. The topological polar surface area (TPSA) is 89.2 Å². The van der Waals surface area contributed by atoms with Crippen molar-refractivity contribution in [1.29, 1.82) is 0 Å². The van der Waals surface area contributed by atoms with Gasteiger partial charge < -0.3 is 23.9 Å². The Labute approximate surface area is 151 Å². The van der Waals surface area contributed by atoms with Crippen LogP contribution < -0.4 is 9.47 Å². The number of rotatable bonds is 5. The van der Waals surface area contributed by atoms with E-state index in [1.54, 1.807) is 37.1 Å². The van der Waals surface area contributed by atoms with Gasteiger partial charge in [-0.1, -0.05) is 0 Å². The fourth-order valence-electron chi connectivity index (χ4n) is 3.35. The molecule has 2 aromatic rings. The highest BCUT2D eigenvalue weighted by Gasteiger charge is 2.35. The highest BCUT2D eigenvalue weighted by atomic mass is 16.5. The molecule has 1 aliphatic heterocycles. The Balaban J connectivity index is 2.03. The van der Waals surface area contributed by atoms with Gasteiger partial charge in [0, 0.05) is 6.54 Å². The lowest BCUT2D eigenvalue weighted by molar-refractivity contribution is -0.138. The van der Waals surface area contributed by atoms with Crippen molar-refractivity contribution >= 4 is 11.9 Å². The van der Waals surface area contributed by atoms with Crippen LogP contribution in [-0.2, 0) is 11.2 Å². The highest BCUT2D eigenvalue weighted by Crippen LogP contribution is 2.40. The van der Waals surface area contributed by atoms with Gasteiger partial charge in [0.15, 0.2) is 17.3 Å². The zero-order chi connectivity index (χ0) is 18.8. The number of nitrogens with zero attached hydrogens (tertiary/aromatic N) is 1. The van der Waals surface area contributed by atoms with E-state index in [9.17, 15) is 14.7 Å². The molecule has 2 heterocycles. The number of hydrogen-bond donors (Lipinski definition) is 1. The molecule has 0 saturated carbocycles. The third-order valence-corrected chi connectivity index (χ3v) is 4.58. The van der Waals surface area contributed by atoms with Crippen molar-refractivity contribution in [2.45, 2.75) is 25.8 Å². The molecule has 26 heavy (non-hydrogen) atoms. The predicted molar refractivity (Wildman–Crippen MR) is 92.7 cm³/mol. The maximum absolute atomic E-state index is 12.9. The van der Waals surface area contributed by atoms with Crippen LogP contribution in [0, 0.1) is 6.92 Å². The molecular weight excluding hydrogens is 338 g/mol. The molecular formula is C19H21NO6. The molecule has 1 aromatic heterocycles. The fourth-order valence-corrected chi connectivity index (χ4v) is 3.35. The number of ether oxygens (including phenoxy) is 2. The number of aryl methyl sites for hydroxylation is 1. The van der Waals surface area contributed by atoms with Gasteiger partial charge in [0.1, 0.15) is 5.76 Å². The van der Waals surface area contributed by atoms with E-state index in [4.69, 9.17) is 13.9 Å². The lowest BCUT2D eigenvalue weighted by Gasteiger charge is -2.36. The SMILES string of the molecule is COc1cc2c(cc1OC)C(CC(=O)O)N(C(=O)c1ccc(C)o1)CC2. The lowest BCUT2D eigenvalue weighted by Crippen LogP contribution is -2.41. The van der Waals surface area contributed by atoms with Crippen molar-refractivity contribution in [2.75, 3.05) is 20.8 Å². The minimum absolute atomic E-state index is 0.200. The van der Waals surface area contributed by atoms with Gasteiger partial charge in [0.2, 0.25) is 0 Å². The number of amides is 1. The highest BCUT2D eigenvalue weighted by molar-refractivity contribution is 5.92. The van der Waals surface area contributed by atoms with Gasteiger partial charge in [0.25, 0.3) is 5.91 Å². The average Bonchev–Trinajstić information content (AvgIpc) is 3.06. The number of methoxy groups -OCH3 is 2. The van der Waals surface area contributed by atoms with Crippen LogP contribution in [0.2, 0.25) is 0 Å². The van der Waals surface area contributed by atoms with Crippen molar-refractivity contribution in [3.63, 3.8) is 0 Å². The summed E-state index contributed by atoms with van der Waals surface area (Å²) >= 11 is 0. The van der Waals surface area contributed by atoms with Gasteiger partial charge in [-0.15, -0.1) is 0 Å². The summed E-state index contributed by atoms with van der Waals surface area (Å²) in [7, 11) is 3.07. The third-order valence-electron chi connectivity index (χ3n) is 4.58. The first-order valence-corrected chi connectivity index (χ1v) is 8.28. The normalized spacial score (nSPS) is 16.1. The molecule has 1 amide bonds. The fraction of sp³-hybridized carbons (Fsp3) is 0.368. The van der Waals surface area contributed by atoms with Gasteiger partial charge in [-0.3, -0.25) is 9.59 Å². The summed E-state index contributed by atoms with van der Waals surface area (Å²) in [6.07, 6.45) is 0.394. The summed E-state index contributed by atoms with van der Waals surface area (Å²) in [5, 5.41) is 9.38. The van der Waals surface area contributed by atoms with Gasteiger partial charge >= 0.3 is 5.97 Å². The molecule has 138 valence electrons. The van der Waals surface area contributed by atoms with Crippen LogP contribution in [0.1, 0.15) is 39.9 Å². The minimum Gasteiger partial charge on any atom is -0.493 e. The Morgan fingerprint density at radius 1 is 1.23 bits per heavy atom. The van der Waals surface area contributed by atoms with Crippen LogP contribution in [0.15, 0.2) is 28.7 Å². The number of aliphatic carboxylic acids is 1. The third kappa shape index (κ3) is 3.24. The first-order valence-electron chi connectivity index (χ1n) is 8.28. The van der Waals surface area contributed by atoms with E-state index >= 15 is 0 Å². The van der Waals surface area contributed by atoms with E-state index in [1.165, 1.54) is 7.11 Å². The van der Waals surface area contributed by atoms with Crippen LogP contribution in [0.5, 0.6) is 11.5 Å². The number of benzene rings is 1. The number of carboxylic acid groups (broad SMARTS) is 1. The Bertz CT molecular complexity index is 841. The summed E-state index contributed by atoms with van der Waals surface area (Å²) in [4.78, 5) is 25.9. The van der Waals surface area contributed by atoms with Crippen LogP contribution in [0.4, 0.5) is 0 Å². The van der Waals surface area contributed by atoms with E-state index in [2.05, 4.69) is 0 Å². The van der Waals surface area contributed by atoms with Crippen LogP contribution in [-0.4, -0.2) is 42.6 Å². The molecule has 1 aliphatic rings. The largest absolute Gasteiger partial charge is 0.493 e. The van der Waals surface area contributed by atoms with E-state index < -0.39 is 12.0 Å². The zero-order valence-electron chi connectivity index (χ0n) is 14.9. The number of carbonyl (C=O) groups excluding carboxylic acids is 1. The molecule has 1 N–H and O–H groups in total. The Morgan fingerprint density at radius 2 is 1.92 bits per heavy atom. The van der Waals surface area contributed by atoms with Gasteiger partial charge in [0.05, 0.1) is 26.7 Å². The Morgan fingerprint density at radius 3 is 2.50 bits per heavy atom. The lowest BCUT2D eigenvalue weighted by atomic mass is 9.89. The molecule has 0 spiro atoms.